The van der Waals surface area contributed by atoms with Gasteiger partial charge in [-0.1, -0.05) is 29.8 Å². The number of hydrogen-bond acceptors (Lipinski definition) is 6. The molecule has 0 fully saturated rings. The molecule has 0 atom stereocenters. The Morgan fingerprint density at radius 3 is 2.69 bits per heavy atom. The number of aromatic nitrogens is 4. The van der Waals surface area contributed by atoms with E-state index in [1.165, 1.54) is 5.56 Å². The van der Waals surface area contributed by atoms with E-state index in [2.05, 4.69) is 55.6 Å². The van der Waals surface area contributed by atoms with Gasteiger partial charge in [0.1, 0.15) is 6.61 Å². The summed E-state index contributed by atoms with van der Waals surface area (Å²) in [5.41, 5.74) is 7.50. The number of halogens is 1. The number of pyridine rings is 1. The van der Waals surface area contributed by atoms with Crippen LogP contribution in [0.15, 0.2) is 65.4 Å². The highest BCUT2D eigenvalue weighted by atomic mass is 79.9. The van der Waals surface area contributed by atoms with Crippen molar-refractivity contribution in [2.75, 3.05) is 12.5 Å². The molecule has 4 rings (SSSR count). The second-order valence-electron chi connectivity index (χ2n) is 7.15. The van der Waals surface area contributed by atoms with E-state index in [9.17, 15) is 0 Å². The molecule has 0 bridgehead atoms. The van der Waals surface area contributed by atoms with E-state index in [-0.39, 0.29) is 0 Å². The molecule has 0 unspecified atom stereocenters. The van der Waals surface area contributed by atoms with Gasteiger partial charge in [-0.2, -0.15) is 5.10 Å². The van der Waals surface area contributed by atoms with Crippen LogP contribution in [0, 0.1) is 11.7 Å². The molecule has 2 aromatic carbocycles. The molecule has 0 aliphatic carbocycles. The van der Waals surface area contributed by atoms with Gasteiger partial charge in [0.15, 0.2) is 17.3 Å². The standard InChI is InChI=1S/C23H22BrN5O2S/c1-15-4-3-5-16(10-15)14-31-21-19(24)11-17(12-20(21)30-2)13-26-29-22(27-28-23(29)32)18-6-8-25-9-7-18/h3-12,26H,13-14H2,1-2H3,(H,28,32). The molecule has 0 aliphatic heterocycles. The first-order valence-corrected chi connectivity index (χ1v) is 11.1. The molecule has 9 heteroatoms. The molecule has 0 saturated carbocycles. The maximum absolute atomic E-state index is 6.07. The molecule has 164 valence electrons. The Bertz CT molecular complexity index is 1270. The summed E-state index contributed by atoms with van der Waals surface area (Å²) in [5.74, 6) is 1.99. The molecule has 32 heavy (non-hydrogen) atoms. The molecule has 7 nitrogen and oxygen atoms in total. The minimum Gasteiger partial charge on any atom is -0.493 e. The Balaban J connectivity index is 1.52. The zero-order chi connectivity index (χ0) is 22.5. The van der Waals surface area contributed by atoms with Crippen LogP contribution in [0.1, 0.15) is 16.7 Å². The van der Waals surface area contributed by atoms with Crippen LogP contribution in [0.5, 0.6) is 11.5 Å². The van der Waals surface area contributed by atoms with Crippen LogP contribution in [-0.2, 0) is 13.2 Å². The zero-order valence-electron chi connectivity index (χ0n) is 17.6. The lowest BCUT2D eigenvalue weighted by molar-refractivity contribution is 0.282. The first-order chi connectivity index (χ1) is 15.5. The molecule has 0 aliphatic rings. The number of methoxy groups -OCH3 is 1. The lowest BCUT2D eigenvalue weighted by Gasteiger charge is -2.16. The van der Waals surface area contributed by atoms with Crippen molar-refractivity contribution in [1.82, 2.24) is 19.9 Å². The maximum atomic E-state index is 6.07. The summed E-state index contributed by atoms with van der Waals surface area (Å²) in [7, 11) is 1.63. The molecule has 2 N–H and O–H groups in total. The second-order valence-corrected chi connectivity index (χ2v) is 8.39. The Morgan fingerprint density at radius 1 is 1.12 bits per heavy atom. The molecular formula is C23H22BrN5O2S. The molecule has 2 heterocycles. The number of H-pyrrole nitrogens is 1. The largest absolute Gasteiger partial charge is 0.493 e. The van der Waals surface area contributed by atoms with Gasteiger partial charge in [-0.25, -0.2) is 9.77 Å². The molecule has 0 saturated heterocycles. The van der Waals surface area contributed by atoms with Crippen LogP contribution in [0.4, 0.5) is 0 Å². The molecule has 0 amide bonds. The third-order valence-electron chi connectivity index (χ3n) is 4.81. The average Bonchev–Trinajstić information content (AvgIpc) is 3.17. The fourth-order valence-electron chi connectivity index (χ4n) is 3.28. The summed E-state index contributed by atoms with van der Waals surface area (Å²) in [6.45, 7) is 3.01. The van der Waals surface area contributed by atoms with Crippen molar-refractivity contribution in [3.05, 3.63) is 86.9 Å². The van der Waals surface area contributed by atoms with Crippen molar-refractivity contribution < 1.29 is 9.47 Å². The van der Waals surface area contributed by atoms with E-state index in [1.807, 2.05) is 36.4 Å². The number of aryl methyl sites for hydroxylation is 1. The van der Waals surface area contributed by atoms with Gasteiger partial charge in [0.05, 0.1) is 18.1 Å². The molecule has 2 aromatic heterocycles. The van der Waals surface area contributed by atoms with Gasteiger partial charge in [0.2, 0.25) is 4.77 Å². The second kappa shape index (κ2) is 9.97. The Morgan fingerprint density at radius 2 is 1.94 bits per heavy atom. The fourth-order valence-corrected chi connectivity index (χ4v) is 4.08. The average molecular weight is 512 g/mol. The molecule has 0 spiro atoms. The first kappa shape index (κ1) is 22.0. The summed E-state index contributed by atoms with van der Waals surface area (Å²) in [5, 5.41) is 7.15. The van der Waals surface area contributed by atoms with Gasteiger partial charge in [0, 0.05) is 18.0 Å². The summed E-state index contributed by atoms with van der Waals surface area (Å²) in [6, 6.07) is 15.9. The molecular weight excluding hydrogens is 490 g/mol. The quantitative estimate of drug-likeness (QED) is 0.308. The van der Waals surface area contributed by atoms with Crippen molar-refractivity contribution in [1.29, 1.82) is 0 Å². The Hall–Kier alpha value is -3.17. The highest BCUT2D eigenvalue weighted by Crippen LogP contribution is 2.37. The highest BCUT2D eigenvalue weighted by molar-refractivity contribution is 9.10. The van der Waals surface area contributed by atoms with Crippen LogP contribution in [0.3, 0.4) is 0 Å². The number of benzene rings is 2. The summed E-state index contributed by atoms with van der Waals surface area (Å²) in [6.07, 6.45) is 3.43. The third kappa shape index (κ3) is 5.00. The van der Waals surface area contributed by atoms with E-state index in [0.29, 0.717) is 35.2 Å². The van der Waals surface area contributed by atoms with Gasteiger partial charge >= 0.3 is 0 Å². The van der Waals surface area contributed by atoms with E-state index >= 15 is 0 Å². The first-order valence-electron chi connectivity index (χ1n) is 9.91. The Kier molecular flexibility index (Phi) is 6.87. The van der Waals surface area contributed by atoms with E-state index in [4.69, 9.17) is 21.7 Å². The Labute approximate surface area is 199 Å². The van der Waals surface area contributed by atoms with Crippen LogP contribution in [0.25, 0.3) is 11.4 Å². The SMILES string of the molecule is COc1cc(CNn2c(-c3ccncc3)n[nH]c2=S)cc(Br)c1OCc1cccc(C)c1. The number of rotatable bonds is 8. The fraction of sp³-hybridized carbons (Fsp3) is 0.174. The highest BCUT2D eigenvalue weighted by Gasteiger charge is 2.14. The van der Waals surface area contributed by atoms with Gasteiger partial charge in [-0.3, -0.25) is 4.98 Å². The number of ether oxygens (including phenoxy) is 2. The van der Waals surface area contributed by atoms with Gasteiger partial charge < -0.3 is 14.9 Å². The normalized spacial score (nSPS) is 10.7. The van der Waals surface area contributed by atoms with Crippen molar-refractivity contribution in [2.45, 2.75) is 20.1 Å². The molecule has 4 aromatic rings. The predicted molar refractivity (Wildman–Crippen MR) is 130 cm³/mol. The van der Waals surface area contributed by atoms with E-state index in [1.54, 1.807) is 24.2 Å². The van der Waals surface area contributed by atoms with Crippen molar-refractivity contribution in [2.24, 2.45) is 0 Å². The van der Waals surface area contributed by atoms with Crippen LogP contribution >= 0.6 is 28.1 Å². The van der Waals surface area contributed by atoms with Crippen molar-refractivity contribution >= 4 is 28.1 Å². The minimum absolute atomic E-state index is 0.452. The lowest BCUT2D eigenvalue weighted by atomic mass is 10.1. The third-order valence-corrected chi connectivity index (χ3v) is 5.67. The smallest absolute Gasteiger partial charge is 0.214 e. The number of hydrogen-bond donors (Lipinski definition) is 2. The van der Waals surface area contributed by atoms with E-state index < -0.39 is 0 Å². The number of nitrogens with zero attached hydrogens (tertiary/aromatic N) is 3. The zero-order valence-corrected chi connectivity index (χ0v) is 20.0. The van der Waals surface area contributed by atoms with Crippen LogP contribution in [-0.4, -0.2) is 27.0 Å². The van der Waals surface area contributed by atoms with Gasteiger partial charge in [0.25, 0.3) is 0 Å². The minimum atomic E-state index is 0.452. The summed E-state index contributed by atoms with van der Waals surface area (Å²) >= 11 is 9.01. The number of aromatic amines is 1. The molecule has 0 radical (unpaired) electrons. The van der Waals surface area contributed by atoms with Crippen LogP contribution in [0.2, 0.25) is 0 Å². The van der Waals surface area contributed by atoms with Gasteiger partial charge in [-0.15, -0.1) is 0 Å². The van der Waals surface area contributed by atoms with E-state index in [0.717, 1.165) is 21.2 Å². The number of nitrogens with one attached hydrogen (secondary N) is 2. The topological polar surface area (TPSA) is 77.0 Å². The lowest BCUT2D eigenvalue weighted by Crippen LogP contribution is -2.16. The monoisotopic (exact) mass is 511 g/mol. The summed E-state index contributed by atoms with van der Waals surface area (Å²) < 4.78 is 14.7. The van der Waals surface area contributed by atoms with Crippen molar-refractivity contribution in [3.8, 4) is 22.9 Å². The summed E-state index contributed by atoms with van der Waals surface area (Å²) in [4.78, 5) is 4.05. The van der Waals surface area contributed by atoms with Gasteiger partial charge in [-0.05, 0) is 70.5 Å². The van der Waals surface area contributed by atoms with Crippen molar-refractivity contribution in [3.63, 3.8) is 0 Å². The predicted octanol–water partition coefficient (Wildman–Crippen LogP) is 5.40. The van der Waals surface area contributed by atoms with Crippen LogP contribution < -0.4 is 14.9 Å². The maximum Gasteiger partial charge on any atom is 0.214 e.